The highest BCUT2D eigenvalue weighted by molar-refractivity contribution is 6.03. The molecular weight excluding hydrogens is 342 g/mol. The number of rotatable bonds is 3. The number of hydrogen-bond acceptors (Lipinski definition) is 4. The van der Waals surface area contributed by atoms with E-state index < -0.39 is 5.97 Å². The molecule has 0 bridgehead atoms. The van der Waals surface area contributed by atoms with E-state index in [9.17, 15) is 9.59 Å². The van der Waals surface area contributed by atoms with Gasteiger partial charge in [-0.15, -0.1) is 0 Å². The molecule has 136 valence electrons. The van der Waals surface area contributed by atoms with Gasteiger partial charge in [0.1, 0.15) is 11.5 Å². The van der Waals surface area contributed by atoms with Gasteiger partial charge in [0.2, 0.25) is 0 Å². The summed E-state index contributed by atoms with van der Waals surface area (Å²) in [6.45, 7) is 1.94. The molecule has 1 fully saturated rings. The molecule has 27 heavy (non-hydrogen) atoms. The van der Waals surface area contributed by atoms with Crippen molar-refractivity contribution in [3.8, 4) is 11.3 Å². The summed E-state index contributed by atoms with van der Waals surface area (Å²) in [4.78, 5) is 24.1. The topological polar surface area (TPSA) is 68.5 Å². The van der Waals surface area contributed by atoms with Gasteiger partial charge in [-0.1, -0.05) is 24.3 Å². The average molecular weight is 361 g/mol. The fourth-order valence-electron chi connectivity index (χ4n) is 3.42. The van der Waals surface area contributed by atoms with Crippen LogP contribution in [0.5, 0.6) is 0 Å². The highest BCUT2D eigenvalue weighted by Gasteiger charge is 2.33. The lowest BCUT2D eigenvalue weighted by Gasteiger charge is -2.11. The molecule has 1 unspecified atom stereocenters. The number of allylic oxidation sites excluding steroid dienone is 4. The Hall–Kier alpha value is -3.34. The van der Waals surface area contributed by atoms with Crippen LogP contribution in [-0.2, 0) is 9.53 Å². The number of furan rings is 1. The van der Waals surface area contributed by atoms with Gasteiger partial charge in [-0.25, -0.2) is 4.79 Å². The minimum atomic E-state index is -0.394. The molecule has 0 radical (unpaired) electrons. The summed E-state index contributed by atoms with van der Waals surface area (Å²) in [5.74, 6) is 0.866. The van der Waals surface area contributed by atoms with E-state index in [2.05, 4.69) is 11.4 Å². The van der Waals surface area contributed by atoms with Crippen LogP contribution < -0.4 is 5.32 Å². The van der Waals surface area contributed by atoms with Gasteiger partial charge in [0, 0.05) is 22.8 Å². The Morgan fingerprint density at radius 3 is 3.00 bits per heavy atom. The van der Waals surface area contributed by atoms with Crippen LogP contribution in [0.2, 0.25) is 0 Å². The maximum absolute atomic E-state index is 12.3. The van der Waals surface area contributed by atoms with E-state index in [-0.39, 0.29) is 11.8 Å². The fourth-order valence-corrected chi connectivity index (χ4v) is 3.42. The number of esters is 1. The van der Waals surface area contributed by atoms with Gasteiger partial charge in [-0.05, 0) is 49.3 Å². The van der Waals surface area contributed by atoms with Crippen LogP contribution in [0, 0.1) is 12.8 Å². The summed E-state index contributed by atoms with van der Waals surface area (Å²) in [6, 6.07) is 8.99. The molecule has 1 aromatic heterocycles. The number of ether oxygens (including phenoxy) is 1. The number of benzene rings is 1. The predicted octanol–water partition coefficient (Wildman–Crippen LogP) is 4.01. The van der Waals surface area contributed by atoms with E-state index in [0.29, 0.717) is 22.7 Å². The first-order valence-corrected chi connectivity index (χ1v) is 8.75. The Morgan fingerprint density at radius 2 is 2.19 bits per heavy atom. The molecule has 4 rings (SSSR count). The molecule has 1 saturated heterocycles. The van der Waals surface area contributed by atoms with Gasteiger partial charge in [0.25, 0.3) is 5.91 Å². The number of amides is 1. The molecule has 1 amide bonds. The second-order valence-electron chi connectivity index (χ2n) is 6.62. The van der Waals surface area contributed by atoms with Gasteiger partial charge >= 0.3 is 5.97 Å². The van der Waals surface area contributed by atoms with Gasteiger partial charge < -0.3 is 14.5 Å². The highest BCUT2D eigenvalue weighted by atomic mass is 16.5. The zero-order chi connectivity index (χ0) is 19.0. The standard InChI is InChI=1S/C22H19NO4/c1-13-10-20(14-6-5-7-15(11-14)22(25)26-2)27-19(13)12-17-16-8-3-4-9-18(16)23-21(17)24/h3-7,9-12,16H,8H2,1-2H3,(H,23,24). The van der Waals surface area contributed by atoms with E-state index in [0.717, 1.165) is 23.2 Å². The van der Waals surface area contributed by atoms with Crippen LogP contribution >= 0.6 is 0 Å². The van der Waals surface area contributed by atoms with Crippen molar-refractivity contribution in [3.05, 3.63) is 76.7 Å². The zero-order valence-corrected chi connectivity index (χ0v) is 15.1. The second kappa shape index (κ2) is 6.76. The lowest BCUT2D eigenvalue weighted by atomic mass is 9.92. The summed E-state index contributed by atoms with van der Waals surface area (Å²) in [7, 11) is 1.35. The molecular formula is C22H19NO4. The first-order valence-electron chi connectivity index (χ1n) is 8.75. The smallest absolute Gasteiger partial charge is 0.337 e. The maximum atomic E-state index is 12.3. The summed E-state index contributed by atoms with van der Waals surface area (Å²) >= 11 is 0. The molecule has 5 heteroatoms. The van der Waals surface area contributed by atoms with Crippen LogP contribution in [0.15, 0.2) is 64.2 Å². The number of hydrogen-bond donors (Lipinski definition) is 1. The van der Waals surface area contributed by atoms with Crippen molar-refractivity contribution in [2.75, 3.05) is 7.11 Å². The number of methoxy groups -OCH3 is 1. The van der Waals surface area contributed by atoms with Crippen LogP contribution in [0.4, 0.5) is 0 Å². The third kappa shape index (κ3) is 3.12. The van der Waals surface area contributed by atoms with Crippen molar-refractivity contribution in [1.29, 1.82) is 0 Å². The number of aryl methyl sites for hydroxylation is 1. The number of fused-ring (bicyclic) bond motifs is 1. The Bertz CT molecular complexity index is 1020. The highest BCUT2D eigenvalue weighted by Crippen LogP contribution is 2.35. The molecule has 1 aliphatic heterocycles. The third-order valence-corrected chi connectivity index (χ3v) is 4.87. The van der Waals surface area contributed by atoms with Gasteiger partial charge in [-0.2, -0.15) is 0 Å². The molecule has 1 N–H and O–H groups in total. The third-order valence-electron chi connectivity index (χ3n) is 4.87. The molecule has 5 nitrogen and oxygen atoms in total. The van der Waals surface area contributed by atoms with Gasteiger partial charge in [0.05, 0.1) is 12.7 Å². The first-order chi connectivity index (χ1) is 13.1. The molecule has 1 aromatic carbocycles. The SMILES string of the molecule is COC(=O)c1cccc(-c2cc(C)c(C=C3C(=O)NC4=CC=CCC43)o2)c1. The quantitative estimate of drug-likeness (QED) is 0.662. The molecule has 1 aliphatic carbocycles. The van der Waals surface area contributed by atoms with Crippen LogP contribution in [0.25, 0.3) is 17.4 Å². The van der Waals surface area contributed by atoms with Crippen molar-refractivity contribution >= 4 is 18.0 Å². The zero-order valence-electron chi connectivity index (χ0n) is 15.1. The molecule has 2 aromatic rings. The van der Waals surface area contributed by atoms with Crippen molar-refractivity contribution < 1.29 is 18.7 Å². The summed E-state index contributed by atoms with van der Waals surface area (Å²) < 4.78 is 10.8. The summed E-state index contributed by atoms with van der Waals surface area (Å²) in [5.41, 5.74) is 3.81. The number of nitrogens with one attached hydrogen (secondary N) is 1. The van der Waals surface area contributed by atoms with Crippen molar-refractivity contribution in [1.82, 2.24) is 5.32 Å². The largest absolute Gasteiger partial charge is 0.465 e. The van der Waals surface area contributed by atoms with E-state index in [1.54, 1.807) is 18.2 Å². The van der Waals surface area contributed by atoms with Crippen molar-refractivity contribution in [2.24, 2.45) is 5.92 Å². The normalized spacial score (nSPS) is 19.6. The lowest BCUT2D eigenvalue weighted by Crippen LogP contribution is -2.13. The number of carbonyl (C=O) groups excluding carboxylic acids is 2. The summed E-state index contributed by atoms with van der Waals surface area (Å²) in [6.07, 6.45) is 8.57. The van der Waals surface area contributed by atoms with E-state index in [4.69, 9.17) is 9.15 Å². The second-order valence-corrected chi connectivity index (χ2v) is 6.62. The molecule has 0 saturated carbocycles. The number of carbonyl (C=O) groups is 2. The monoisotopic (exact) mass is 361 g/mol. The van der Waals surface area contributed by atoms with E-state index in [1.165, 1.54) is 7.11 Å². The van der Waals surface area contributed by atoms with Crippen LogP contribution in [-0.4, -0.2) is 19.0 Å². The van der Waals surface area contributed by atoms with Crippen molar-refractivity contribution in [2.45, 2.75) is 13.3 Å². The Kier molecular flexibility index (Phi) is 4.28. The lowest BCUT2D eigenvalue weighted by molar-refractivity contribution is -0.115. The summed E-state index contributed by atoms with van der Waals surface area (Å²) in [5, 5.41) is 2.92. The molecule has 2 aliphatic rings. The maximum Gasteiger partial charge on any atom is 0.337 e. The molecule has 0 spiro atoms. The van der Waals surface area contributed by atoms with Gasteiger partial charge in [0.15, 0.2) is 0 Å². The Labute approximate surface area is 157 Å². The Morgan fingerprint density at radius 1 is 1.33 bits per heavy atom. The van der Waals surface area contributed by atoms with E-state index >= 15 is 0 Å². The predicted molar refractivity (Wildman–Crippen MR) is 102 cm³/mol. The minimum Gasteiger partial charge on any atom is -0.465 e. The van der Waals surface area contributed by atoms with Gasteiger partial charge in [-0.3, -0.25) is 4.79 Å². The average Bonchev–Trinajstić information content (AvgIpc) is 3.21. The Balaban J connectivity index is 1.69. The molecule has 2 heterocycles. The fraction of sp³-hybridized carbons (Fsp3) is 0.182. The van der Waals surface area contributed by atoms with Crippen LogP contribution in [0.1, 0.15) is 28.1 Å². The van der Waals surface area contributed by atoms with Crippen molar-refractivity contribution in [3.63, 3.8) is 0 Å². The van der Waals surface area contributed by atoms with Crippen LogP contribution in [0.3, 0.4) is 0 Å². The molecule has 1 atom stereocenters. The first kappa shape index (κ1) is 17.1. The van der Waals surface area contributed by atoms with E-state index in [1.807, 2.05) is 37.3 Å². The minimum absolute atomic E-state index is 0.0538.